The molecule has 182 valence electrons. The lowest BCUT2D eigenvalue weighted by atomic mass is 10.2. The Bertz CT molecular complexity index is 1190. The van der Waals surface area contributed by atoms with E-state index in [0.717, 1.165) is 22.5 Å². The number of benzene rings is 2. The van der Waals surface area contributed by atoms with E-state index in [1.165, 1.54) is 12.1 Å². The summed E-state index contributed by atoms with van der Waals surface area (Å²) in [7, 11) is 0. The molecule has 0 unspecified atom stereocenters. The number of nitrogens with zero attached hydrogens (tertiary/aromatic N) is 3. The molecule has 2 N–H and O–H groups in total. The monoisotopic (exact) mass is 499 g/mol. The molecule has 0 saturated heterocycles. The summed E-state index contributed by atoms with van der Waals surface area (Å²) in [6.07, 6.45) is 5.24. The molecule has 3 aromatic rings. The molecule has 2 amide bonds. The fourth-order valence-electron chi connectivity index (χ4n) is 3.64. The van der Waals surface area contributed by atoms with Crippen molar-refractivity contribution in [2.45, 2.75) is 30.4 Å². The number of carbonyl (C=O) groups excluding carboxylic acids is 1. The number of rotatable bonds is 7. The summed E-state index contributed by atoms with van der Waals surface area (Å²) in [6.45, 7) is 3.43. The Balaban J connectivity index is 1.37. The summed E-state index contributed by atoms with van der Waals surface area (Å²) < 4.78 is 37.8. The number of thioether (sulfide) groups is 1. The van der Waals surface area contributed by atoms with Crippen molar-refractivity contribution in [1.29, 1.82) is 0 Å². The van der Waals surface area contributed by atoms with Gasteiger partial charge in [0.1, 0.15) is 0 Å². The summed E-state index contributed by atoms with van der Waals surface area (Å²) in [4.78, 5) is 20.8. The molecule has 2 heterocycles. The van der Waals surface area contributed by atoms with Gasteiger partial charge < -0.3 is 20.4 Å². The first kappa shape index (κ1) is 24.5. The maximum absolute atomic E-state index is 12.6. The van der Waals surface area contributed by atoms with Crippen LogP contribution >= 0.6 is 11.8 Å². The summed E-state index contributed by atoms with van der Waals surface area (Å²) in [5.41, 5.74) is -0.0185. The molecule has 2 aromatic carbocycles. The highest BCUT2D eigenvalue weighted by Gasteiger charge is 2.29. The lowest BCUT2D eigenvalue weighted by molar-refractivity contribution is -0.0328. The van der Waals surface area contributed by atoms with E-state index in [0.29, 0.717) is 25.4 Å². The van der Waals surface area contributed by atoms with Crippen molar-refractivity contribution >= 4 is 29.2 Å². The first-order valence-corrected chi connectivity index (χ1v) is 11.7. The Morgan fingerprint density at radius 1 is 1.09 bits per heavy atom. The molecule has 1 aromatic heterocycles. The van der Waals surface area contributed by atoms with E-state index in [9.17, 15) is 18.0 Å². The second kappa shape index (κ2) is 10.7. The highest BCUT2D eigenvalue weighted by atomic mass is 32.2. The lowest BCUT2D eigenvalue weighted by Gasteiger charge is -2.24. The number of amides is 2. The molecule has 35 heavy (non-hydrogen) atoms. The molecule has 4 rings (SSSR count). The van der Waals surface area contributed by atoms with Crippen LogP contribution in [0, 0.1) is 0 Å². The molecule has 1 aliphatic rings. The molecule has 0 radical (unpaired) electrons. The maximum Gasteiger partial charge on any atom is 0.446 e. The molecule has 10 heteroatoms. The summed E-state index contributed by atoms with van der Waals surface area (Å²) in [5, 5.41) is 5.71. The van der Waals surface area contributed by atoms with Crippen molar-refractivity contribution in [3.63, 3.8) is 0 Å². The zero-order chi connectivity index (χ0) is 24.8. The molecular formula is C25H24F3N5OS. The van der Waals surface area contributed by atoms with Crippen LogP contribution in [0.25, 0.3) is 0 Å². The van der Waals surface area contributed by atoms with Crippen molar-refractivity contribution in [2.75, 3.05) is 16.9 Å². The number of carbonyl (C=O) groups is 1. The molecule has 0 aliphatic carbocycles. The van der Waals surface area contributed by atoms with E-state index >= 15 is 0 Å². The number of allylic oxidation sites excluding steroid dienone is 1. The SMILES string of the molecule is CC1=CN(c2ccc(SC(F)(F)F)cc2)CN1Cc1ccncc1NC(=O)NCc1ccccc1. The normalized spacial score (nSPS) is 13.5. The van der Waals surface area contributed by atoms with Gasteiger partial charge in [0.25, 0.3) is 0 Å². The first-order chi connectivity index (χ1) is 16.8. The molecule has 0 spiro atoms. The van der Waals surface area contributed by atoms with Crippen molar-refractivity contribution < 1.29 is 18.0 Å². The van der Waals surface area contributed by atoms with Crippen LogP contribution in [0.15, 0.2) is 89.8 Å². The zero-order valence-electron chi connectivity index (χ0n) is 18.9. The number of hydrogen-bond acceptors (Lipinski definition) is 5. The Morgan fingerprint density at radius 2 is 1.83 bits per heavy atom. The molecule has 1 aliphatic heterocycles. The third-order valence-electron chi connectivity index (χ3n) is 5.38. The smallest absolute Gasteiger partial charge is 0.351 e. The molecule has 0 bridgehead atoms. The largest absolute Gasteiger partial charge is 0.446 e. The lowest BCUT2D eigenvalue weighted by Crippen LogP contribution is -2.30. The van der Waals surface area contributed by atoms with Crippen LogP contribution in [0.1, 0.15) is 18.1 Å². The van der Waals surface area contributed by atoms with Crippen molar-refractivity contribution in [3.05, 3.63) is 96.1 Å². The third-order valence-corrected chi connectivity index (χ3v) is 6.12. The Labute approximate surface area is 205 Å². The molecule has 0 fully saturated rings. The van der Waals surface area contributed by atoms with E-state index in [-0.39, 0.29) is 22.7 Å². The number of halogens is 3. The quantitative estimate of drug-likeness (QED) is 0.382. The van der Waals surface area contributed by atoms with Gasteiger partial charge in [-0.2, -0.15) is 13.2 Å². The molecule has 0 atom stereocenters. The fraction of sp³-hybridized carbons (Fsp3) is 0.200. The number of aromatic nitrogens is 1. The van der Waals surface area contributed by atoms with Gasteiger partial charge in [0.15, 0.2) is 0 Å². The minimum atomic E-state index is -4.31. The average molecular weight is 500 g/mol. The minimum Gasteiger partial charge on any atom is -0.351 e. The topological polar surface area (TPSA) is 60.5 Å². The van der Waals surface area contributed by atoms with Gasteiger partial charge >= 0.3 is 11.5 Å². The molecule has 6 nitrogen and oxygen atoms in total. The molecule has 0 saturated carbocycles. The van der Waals surface area contributed by atoms with Crippen molar-refractivity contribution in [2.24, 2.45) is 0 Å². The van der Waals surface area contributed by atoms with Gasteiger partial charge in [-0.1, -0.05) is 30.3 Å². The zero-order valence-corrected chi connectivity index (χ0v) is 19.7. The summed E-state index contributed by atoms with van der Waals surface area (Å²) in [6, 6.07) is 17.5. The predicted molar refractivity (Wildman–Crippen MR) is 132 cm³/mol. The highest BCUT2D eigenvalue weighted by Crippen LogP contribution is 2.37. The van der Waals surface area contributed by atoms with Gasteiger partial charge in [-0.25, -0.2) is 4.79 Å². The number of hydrogen-bond donors (Lipinski definition) is 2. The fourth-order valence-corrected chi connectivity index (χ4v) is 4.18. The van der Waals surface area contributed by atoms with E-state index in [2.05, 4.69) is 20.5 Å². The van der Waals surface area contributed by atoms with E-state index in [1.54, 1.807) is 24.5 Å². The number of alkyl halides is 3. The van der Waals surface area contributed by atoms with Gasteiger partial charge in [0, 0.05) is 41.8 Å². The van der Waals surface area contributed by atoms with E-state index in [1.807, 2.05) is 54.4 Å². The van der Waals surface area contributed by atoms with Gasteiger partial charge in [-0.15, -0.1) is 0 Å². The standard InChI is InChI=1S/C25H24F3N5OS/c1-18-15-33(21-7-9-22(10-8-21)35-25(26,27)28)17-32(18)16-20-11-12-29-14-23(20)31-24(34)30-13-19-5-3-2-4-6-19/h2-12,14-15H,13,16-17H2,1H3,(H2,30,31,34). The minimum absolute atomic E-state index is 0.127. The van der Waals surface area contributed by atoms with Crippen LogP contribution in [0.3, 0.4) is 0 Å². The van der Waals surface area contributed by atoms with Crippen LogP contribution in [0.2, 0.25) is 0 Å². The van der Waals surface area contributed by atoms with Crippen molar-refractivity contribution in [1.82, 2.24) is 15.2 Å². The van der Waals surface area contributed by atoms with E-state index in [4.69, 9.17) is 0 Å². The van der Waals surface area contributed by atoms with Gasteiger partial charge in [-0.05, 0) is 60.1 Å². The van der Waals surface area contributed by atoms with Crippen LogP contribution in [0.4, 0.5) is 29.3 Å². The number of urea groups is 1. The van der Waals surface area contributed by atoms with E-state index < -0.39 is 5.51 Å². The van der Waals surface area contributed by atoms with Crippen molar-refractivity contribution in [3.8, 4) is 0 Å². The molecular weight excluding hydrogens is 475 g/mol. The van der Waals surface area contributed by atoms with Gasteiger partial charge in [-0.3, -0.25) is 4.98 Å². The number of pyridine rings is 1. The maximum atomic E-state index is 12.6. The Kier molecular flexibility index (Phi) is 7.50. The Morgan fingerprint density at radius 3 is 2.54 bits per heavy atom. The predicted octanol–water partition coefficient (Wildman–Crippen LogP) is 6.16. The van der Waals surface area contributed by atoms with Crippen LogP contribution in [0.5, 0.6) is 0 Å². The number of nitrogens with one attached hydrogen (secondary N) is 2. The second-order valence-electron chi connectivity index (χ2n) is 7.95. The van der Waals surface area contributed by atoms with Crippen LogP contribution in [-0.4, -0.2) is 28.1 Å². The Hall–Kier alpha value is -3.66. The third kappa shape index (κ3) is 6.92. The summed E-state index contributed by atoms with van der Waals surface area (Å²) >= 11 is -0.127. The second-order valence-corrected chi connectivity index (χ2v) is 9.09. The summed E-state index contributed by atoms with van der Waals surface area (Å²) in [5.74, 6) is 0. The number of anilines is 2. The van der Waals surface area contributed by atoms with Crippen LogP contribution < -0.4 is 15.5 Å². The van der Waals surface area contributed by atoms with Crippen LogP contribution in [-0.2, 0) is 13.1 Å². The van der Waals surface area contributed by atoms with Gasteiger partial charge in [0.05, 0.1) is 18.6 Å². The highest BCUT2D eigenvalue weighted by molar-refractivity contribution is 8.00. The van der Waals surface area contributed by atoms with Gasteiger partial charge in [0.2, 0.25) is 0 Å². The average Bonchev–Trinajstić information content (AvgIpc) is 3.19. The first-order valence-electron chi connectivity index (χ1n) is 10.8.